The largest absolute Gasteiger partial charge is 0.497 e. The lowest BCUT2D eigenvalue weighted by molar-refractivity contribution is -0.123. The van der Waals surface area contributed by atoms with E-state index in [0.717, 1.165) is 5.56 Å². The molecule has 0 bridgehead atoms. The quantitative estimate of drug-likeness (QED) is 0.648. The molecule has 1 aromatic heterocycles. The number of benzene rings is 2. The van der Waals surface area contributed by atoms with Crippen LogP contribution in [0.25, 0.3) is 11.3 Å². The highest BCUT2D eigenvalue weighted by atomic mass is 16.5. The fraction of sp³-hybridized carbons (Fsp3) is 0.105. The molecule has 0 fully saturated rings. The molecule has 0 radical (unpaired) electrons. The second-order valence-electron chi connectivity index (χ2n) is 5.41. The summed E-state index contributed by atoms with van der Waals surface area (Å²) in [4.78, 5) is 23.8. The molecule has 2 amide bonds. The van der Waals surface area contributed by atoms with Crippen LogP contribution in [0.5, 0.6) is 11.5 Å². The Morgan fingerprint density at radius 2 is 1.70 bits per heavy atom. The number of amides is 2. The van der Waals surface area contributed by atoms with Crippen molar-refractivity contribution >= 4 is 11.8 Å². The molecule has 8 nitrogen and oxygen atoms in total. The molecule has 1 heterocycles. The van der Waals surface area contributed by atoms with Gasteiger partial charge in [-0.15, -0.1) is 0 Å². The lowest BCUT2D eigenvalue weighted by Gasteiger charge is -2.08. The molecule has 0 aliphatic rings. The lowest BCUT2D eigenvalue weighted by Crippen LogP contribution is -2.43. The molecule has 0 saturated carbocycles. The van der Waals surface area contributed by atoms with Crippen molar-refractivity contribution in [1.29, 1.82) is 0 Å². The zero-order chi connectivity index (χ0) is 19.1. The van der Waals surface area contributed by atoms with Crippen molar-refractivity contribution in [2.75, 3.05) is 13.7 Å². The number of carbonyl (C=O) groups is 2. The van der Waals surface area contributed by atoms with Crippen molar-refractivity contribution in [3.8, 4) is 22.8 Å². The van der Waals surface area contributed by atoms with E-state index in [0.29, 0.717) is 17.3 Å². The van der Waals surface area contributed by atoms with Gasteiger partial charge in [-0.3, -0.25) is 20.4 Å². The SMILES string of the molecule is COc1ccc(OCC(=O)NNC(=O)c2cc(-c3ccccc3)on2)cc1. The van der Waals surface area contributed by atoms with Crippen molar-refractivity contribution in [3.05, 3.63) is 66.4 Å². The van der Waals surface area contributed by atoms with E-state index >= 15 is 0 Å². The minimum atomic E-state index is -0.598. The van der Waals surface area contributed by atoms with Gasteiger partial charge in [-0.05, 0) is 24.3 Å². The average Bonchev–Trinajstić information content (AvgIpc) is 3.22. The van der Waals surface area contributed by atoms with E-state index < -0.39 is 11.8 Å². The maximum Gasteiger partial charge on any atom is 0.291 e. The minimum absolute atomic E-state index is 0.0465. The van der Waals surface area contributed by atoms with E-state index in [-0.39, 0.29) is 12.3 Å². The third-order valence-electron chi connectivity index (χ3n) is 3.55. The molecule has 0 aliphatic heterocycles. The standard InChI is InChI=1S/C19H17N3O5/c1-25-14-7-9-15(10-8-14)26-12-18(23)20-21-19(24)16-11-17(27-22-16)13-5-3-2-4-6-13/h2-11H,12H2,1H3,(H,20,23)(H,21,24). The van der Waals surface area contributed by atoms with Gasteiger partial charge >= 0.3 is 0 Å². The van der Waals surface area contributed by atoms with Gasteiger partial charge in [0, 0.05) is 11.6 Å². The molecule has 27 heavy (non-hydrogen) atoms. The molecule has 3 aromatic rings. The van der Waals surface area contributed by atoms with Gasteiger partial charge in [0.15, 0.2) is 18.1 Å². The van der Waals surface area contributed by atoms with Crippen molar-refractivity contribution in [2.45, 2.75) is 0 Å². The Morgan fingerprint density at radius 1 is 1.00 bits per heavy atom. The highest BCUT2D eigenvalue weighted by Gasteiger charge is 2.14. The highest BCUT2D eigenvalue weighted by molar-refractivity contribution is 5.94. The Morgan fingerprint density at radius 3 is 2.41 bits per heavy atom. The third kappa shape index (κ3) is 4.85. The summed E-state index contributed by atoms with van der Waals surface area (Å²) in [6, 6.07) is 17.5. The molecular formula is C19H17N3O5. The fourth-order valence-electron chi connectivity index (χ4n) is 2.17. The monoisotopic (exact) mass is 367 g/mol. The van der Waals surface area contributed by atoms with Gasteiger partial charge in [-0.1, -0.05) is 35.5 Å². The average molecular weight is 367 g/mol. The molecule has 0 atom stereocenters. The number of hydrogen-bond donors (Lipinski definition) is 2. The van der Waals surface area contributed by atoms with Gasteiger partial charge in [-0.25, -0.2) is 0 Å². The highest BCUT2D eigenvalue weighted by Crippen LogP contribution is 2.19. The fourth-order valence-corrected chi connectivity index (χ4v) is 2.17. The van der Waals surface area contributed by atoms with Crippen LogP contribution in [0.3, 0.4) is 0 Å². The number of rotatable bonds is 6. The molecule has 0 aliphatic carbocycles. The lowest BCUT2D eigenvalue weighted by atomic mass is 10.1. The van der Waals surface area contributed by atoms with Crippen LogP contribution in [-0.4, -0.2) is 30.7 Å². The summed E-state index contributed by atoms with van der Waals surface area (Å²) in [7, 11) is 1.56. The van der Waals surface area contributed by atoms with Crippen LogP contribution in [-0.2, 0) is 4.79 Å². The number of nitrogens with one attached hydrogen (secondary N) is 2. The van der Waals surface area contributed by atoms with Crippen LogP contribution in [0, 0.1) is 0 Å². The van der Waals surface area contributed by atoms with Crippen LogP contribution >= 0.6 is 0 Å². The van der Waals surface area contributed by atoms with Crippen LogP contribution in [0.15, 0.2) is 65.2 Å². The first-order valence-electron chi connectivity index (χ1n) is 8.04. The van der Waals surface area contributed by atoms with E-state index in [4.69, 9.17) is 14.0 Å². The zero-order valence-corrected chi connectivity index (χ0v) is 14.5. The molecule has 8 heteroatoms. The van der Waals surface area contributed by atoms with Crippen molar-refractivity contribution in [3.63, 3.8) is 0 Å². The Bertz CT molecular complexity index is 907. The van der Waals surface area contributed by atoms with Gasteiger partial charge in [-0.2, -0.15) is 0 Å². The number of hydrogen-bond acceptors (Lipinski definition) is 6. The summed E-state index contributed by atoms with van der Waals surface area (Å²) in [5, 5.41) is 3.70. The number of carbonyl (C=O) groups excluding carboxylic acids is 2. The molecule has 0 unspecified atom stereocenters. The Balaban J connectivity index is 1.47. The number of hydrazine groups is 1. The summed E-state index contributed by atoms with van der Waals surface area (Å²) in [5.41, 5.74) is 5.35. The second-order valence-corrected chi connectivity index (χ2v) is 5.41. The van der Waals surface area contributed by atoms with E-state index in [1.807, 2.05) is 30.3 Å². The number of aromatic nitrogens is 1. The van der Waals surface area contributed by atoms with Crippen LogP contribution in [0.2, 0.25) is 0 Å². The number of nitrogens with zero attached hydrogens (tertiary/aromatic N) is 1. The Kier molecular flexibility index (Phi) is 5.68. The van der Waals surface area contributed by atoms with Crippen LogP contribution in [0.4, 0.5) is 0 Å². The van der Waals surface area contributed by atoms with E-state index in [9.17, 15) is 9.59 Å². The maximum atomic E-state index is 12.0. The van der Waals surface area contributed by atoms with Gasteiger partial charge in [0.25, 0.3) is 11.8 Å². The van der Waals surface area contributed by atoms with Gasteiger partial charge in [0.1, 0.15) is 11.5 Å². The smallest absolute Gasteiger partial charge is 0.291 e. The number of methoxy groups -OCH3 is 1. The summed E-state index contributed by atoms with van der Waals surface area (Å²) in [6.45, 7) is -0.263. The Labute approximate surface area is 155 Å². The van der Waals surface area contributed by atoms with E-state index in [1.54, 1.807) is 31.4 Å². The third-order valence-corrected chi connectivity index (χ3v) is 3.55. The molecular weight excluding hydrogens is 350 g/mol. The molecule has 2 aromatic carbocycles. The maximum absolute atomic E-state index is 12.0. The molecule has 0 spiro atoms. The van der Waals surface area contributed by atoms with Gasteiger partial charge < -0.3 is 14.0 Å². The van der Waals surface area contributed by atoms with Gasteiger partial charge in [0.05, 0.1) is 7.11 Å². The first-order valence-corrected chi connectivity index (χ1v) is 8.04. The van der Waals surface area contributed by atoms with Gasteiger partial charge in [0.2, 0.25) is 0 Å². The zero-order valence-electron chi connectivity index (χ0n) is 14.5. The summed E-state index contributed by atoms with van der Waals surface area (Å²) in [5.74, 6) is 0.516. The van der Waals surface area contributed by atoms with Crippen LogP contribution < -0.4 is 20.3 Å². The van der Waals surface area contributed by atoms with Crippen molar-refractivity contribution in [2.24, 2.45) is 0 Å². The first-order chi connectivity index (χ1) is 13.2. The predicted octanol–water partition coefficient (Wildman–Crippen LogP) is 2.19. The minimum Gasteiger partial charge on any atom is -0.497 e. The second kappa shape index (κ2) is 8.52. The molecule has 3 rings (SSSR count). The van der Waals surface area contributed by atoms with Crippen molar-refractivity contribution in [1.82, 2.24) is 16.0 Å². The van der Waals surface area contributed by atoms with Crippen LogP contribution in [0.1, 0.15) is 10.5 Å². The molecule has 0 saturated heterocycles. The Hall–Kier alpha value is -3.81. The normalized spacial score (nSPS) is 10.1. The van der Waals surface area contributed by atoms with E-state index in [1.165, 1.54) is 6.07 Å². The molecule has 138 valence electrons. The summed E-state index contributed by atoms with van der Waals surface area (Å²) in [6.07, 6.45) is 0. The summed E-state index contributed by atoms with van der Waals surface area (Å²) >= 11 is 0. The summed E-state index contributed by atoms with van der Waals surface area (Å²) < 4.78 is 15.5. The topological polar surface area (TPSA) is 103 Å². The van der Waals surface area contributed by atoms with Crippen molar-refractivity contribution < 1.29 is 23.6 Å². The van der Waals surface area contributed by atoms with E-state index in [2.05, 4.69) is 16.0 Å². The first kappa shape index (κ1) is 18.0. The predicted molar refractivity (Wildman–Crippen MR) is 96.0 cm³/mol. The molecule has 2 N–H and O–H groups in total. The number of ether oxygens (including phenoxy) is 2.